The summed E-state index contributed by atoms with van der Waals surface area (Å²) in [6.45, 7) is 0. The van der Waals surface area contributed by atoms with E-state index in [9.17, 15) is 0 Å². The third-order valence-electron chi connectivity index (χ3n) is 0.228. The molecule has 20 heteroatoms. The first kappa shape index (κ1) is 63.8. The van der Waals surface area contributed by atoms with Gasteiger partial charge >= 0.3 is 0 Å². The lowest BCUT2D eigenvalue weighted by molar-refractivity contribution is -0.00100. The zero-order chi connectivity index (χ0) is 17.1. The van der Waals surface area contributed by atoms with Crippen LogP contribution in [0.25, 0.3) is 0 Å². The molecular formula is C5H10F5N5S10. The summed E-state index contributed by atoms with van der Waals surface area (Å²) in [6.07, 6.45) is 0. The largest absolute Gasteiger partial charge is 1.00 e. The summed E-state index contributed by atoms with van der Waals surface area (Å²) >= 11 is 33.9. The maximum Gasteiger partial charge on any atom is 0.117 e. The van der Waals surface area contributed by atoms with Crippen molar-refractivity contribution in [1.82, 2.24) is 0 Å². The average Bonchev–Trinajstić information content (AvgIpc) is 2.55. The number of thiocarbonyl (C=S) groups is 5. The Bertz CT molecular complexity index is 331. The monoisotopic (exact) mass is 555 g/mol. The van der Waals surface area contributed by atoms with Crippen molar-refractivity contribution < 1.29 is 23.5 Å². The van der Waals surface area contributed by atoms with Gasteiger partial charge in [-0.2, -0.15) is 0 Å². The first-order valence-corrected chi connectivity index (χ1v) is 7.53. The highest BCUT2D eigenvalue weighted by molar-refractivity contribution is 7.79. The molecule has 0 rings (SSSR count). The van der Waals surface area contributed by atoms with Gasteiger partial charge in [-0.3, -0.25) is 0 Å². The van der Waals surface area contributed by atoms with Gasteiger partial charge in [0.05, 0.1) is 0 Å². The Morgan fingerprint density at radius 2 is 0.400 bits per heavy atom. The molecule has 0 saturated carbocycles. The molecule has 0 fully saturated rings. The molecule has 0 bridgehead atoms. The summed E-state index contributed by atoms with van der Waals surface area (Å²) in [7, 11) is 0. The van der Waals surface area contributed by atoms with E-state index in [1.54, 1.807) is 0 Å². The van der Waals surface area contributed by atoms with Crippen LogP contribution in [0.3, 0.4) is 0 Å². The van der Waals surface area contributed by atoms with Crippen LogP contribution in [0, 0.1) is 0 Å². The number of hydrogen-bond acceptors (Lipinski definition) is 10. The van der Waals surface area contributed by atoms with Gasteiger partial charge < -0.3 is 23.5 Å². The average molecular weight is 556 g/mol. The van der Waals surface area contributed by atoms with Crippen molar-refractivity contribution in [2.75, 3.05) is 0 Å². The molecule has 0 N–H and O–H groups in total. The van der Waals surface area contributed by atoms with Gasteiger partial charge in [-0.05, 0) is 83.1 Å². The highest BCUT2D eigenvalue weighted by Crippen LogP contribution is 1.41. The second kappa shape index (κ2) is 124. The Balaban J connectivity index is -0.0000000134. The van der Waals surface area contributed by atoms with E-state index >= 15 is 0 Å². The molecule has 0 spiro atoms. The Kier molecular flexibility index (Phi) is 315. The molecule has 0 heterocycles. The van der Waals surface area contributed by atoms with E-state index in [2.05, 4.69) is 173 Å². The zero-order valence-corrected chi connectivity index (χ0v) is 20.2. The predicted octanol–water partition coefficient (Wildman–Crippen LogP) is -14.9. The zero-order valence-electron chi connectivity index (χ0n) is 11.2. The molecule has 0 atom stereocenters. The van der Waals surface area contributed by atoms with Crippen LogP contribution in [0.5, 0.6) is 0 Å². The minimum Gasteiger partial charge on any atom is -1.00 e. The second-order valence-corrected chi connectivity index (χ2v) is 3.05. The normalized spacial score (nSPS) is 3.40. The summed E-state index contributed by atoms with van der Waals surface area (Å²) in [5.41, 5.74) is 0. The van der Waals surface area contributed by atoms with E-state index < -0.39 is 0 Å². The summed E-state index contributed by atoms with van der Waals surface area (Å²) in [5, 5.41) is 10.3. The maximum absolute atomic E-state index is 4.09. The Morgan fingerprint density at radius 1 is 0.360 bits per heavy atom. The second-order valence-electron chi connectivity index (χ2n) is 1.02. The number of halogens is 5. The standard InChI is InChI=1S/5CHNS2.5FH/c5*3-1-2-4;;;;;/h5*4H;5*1H. The molecule has 150 valence electrons. The molecule has 0 amide bonds. The molecule has 0 aliphatic heterocycles. The maximum atomic E-state index is 4.09. The van der Waals surface area contributed by atoms with Crippen LogP contribution in [0.1, 0.15) is 0 Å². The van der Waals surface area contributed by atoms with E-state index in [1.165, 1.54) is 0 Å². The molecule has 0 aromatic heterocycles. The molecule has 0 aromatic rings. The van der Waals surface area contributed by atoms with Crippen molar-refractivity contribution in [2.24, 2.45) is 22.0 Å². The molecule has 0 aliphatic rings. The number of nitrogens with zero attached hydrogens (tertiary/aromatic N) is 5. The van der Waals surface area contributed by atoms with Crippen molar-refractivity contribution in [3.63, 3.8) is 0 Å². The van der Waals surface area contributed by atoms with E-state index in [4.69, 9.17) is 0 Å². The van der Waals surface area contributed by atoms with Crippen LogP contribution < -0.4 is 23.5 Å². The van der Waals surface area contributed by atoms with Crippen LogP contribution >= 0.6 is 61.1 Å². The molecule has 0 aliphatic carbocycles. The van der Waals surface area contributed by atoms with Gasteiger partial charge in [-0.15, -0.1) is 0 Å². The quantitative estimate of drug-likeness (QED) is 0.129. The lowest BCUT2D eigenvalue weighted by Crippen LogP contribution is -3.00. The minimum atomic E-state index is 0. The predicted molar refractivity (Wildman–Crippen MR) is 126 cm³/mol. The molecule has 0 radical (unpaired) electrons. The third-order valence-corrected chi connectivity index (χ3v) is 2.05. The van der Waals surface area contributed by atoms with Crippen molar-refractivity contribution in [1.29, 1.82) is 0 Å². The fourth-order valence-corrected chi connectivity index (χ4v) is 0. The van der Waals surface area contributed by atoms with E-state index in [0.717, 1.165) is 0 Å². The highest BCUT2D eigenvalue weighted by atomic mass is 32.1. The summed E-state index contributed by atoms with van der Waals surface area (Å²) in [6, 6.07) is 0. The summed E-state index contributed by atoms with van der Waals surface area (Å²) in [4.78, 5) is 0. The fourth-order valence-electron chi connectivity index (χ4n) is 0. The van der Waals surface area contributed by atoms with Crippen LogP contribution in [0.2, 0.25) is 0 Å². The summed E-state index contributed by atoms with van der Waals surface area (Å²) in [5.74, 6) is 0. The molecule has 0 unspecified atom stereocenters. The van der Waals surface area contributed by atoms with Gasteiger partial charge in [-0.1, -0.05) is 0 Å². The van der Waals surface area contributed by atoms with Crippen LogP contribution in [-0.4, -0.2) is 25.8 Å². The van der Waals surface area contributed by atoms with Crippen molar-refractivity contribution >= 4 is 151 Å². The van der Waals surface area contributed by atoms with E-state index in [1.807, 2.05) is 0 Å². The van der Waals surface area contributed by atoms with Crippen molar-refractivity contribution in [3.8, 4) is 0 Å². The molecular weight excluding hydrogens is 546 g/mol. The minimum absolute atomic E-state index is 0. The van der Waals surface area contributed by atoms with Crippen molar-refractivity contribution in [3.05, 3.63) is 0 Å². The summed E-state index contributed by atoms with van der Waals surface area (Å²) < 4.78 is 15.5. The molecule has 0 aromatic carbocycles. The fraction of sp³-hybridized carbons (Fsp3) is 0. The van der Waals surface area contributed by atoms with Gasteiger partial charge in [0.2, 0.25) is 0 Å². The highest BCUT2D eigenvalue weighted by Gasteiger charge is 1.38. The lowest BCUT2D eigenvalue weighted by Gasteiger charge is -1.25. The Labute approximate surface area is 195 Å². The van der Waals surface area contributed by atoms with Gasteiger partial charge in [0.25, 0.3) is 0 Å². The molecule has 25 heavy (non-hydrogen) atoms. The Morgan fingerprint density at radius 3 is 0.400 bits per heavy atom. The molecule has 5 nitrogen and oxygen atoms in total. The Hall–Kier alpha value is 0.400. The van der Waals surface area contributed by atoms with Gasteiger partial charge in [0.1, 0.15) is 89.9 Å². The lowest BCUT2D eigenvalue weighted by atomic mass is 11.8. The van der Waals surface area contributed by atoms with E-state index in [-0.39, 0.29) is 23.5 Å². The van der Waals surface area contributed by atoms with E-state index in [0.29, 0.717) is 0 Å². The smallest absolute Gasteiger partial charge is 0.117 e. The van der Waals surface area contributed by atoms with Gasteiger partial charge in [0.15, 0.2) is 0 Å². The topological polar surface area (TPSA) is 61.8 Å². The van der Waals surface area contributed by atoms with Crippen molar-refractivity contribution in [2.45, 2.75) is 0 Å². The van der Waals surface area contributed by atoms with Crippen LogP contribution in [-0.2, 0) is 64.1 Å². The first-order valence-electron chi connectivity index (χ1n) is 3.26. The van der Waals surface area contributed by atoms with Gasteiger partial charge in [0, 0.05) is 0 Å². The number of isothiocyanates is 5. The van der Waals surface area contributed by atoms with Crippen LogP contribution in [0.4, 0.5) is 0 Å². The first-order chi connectivity index (χ1) is 9.57. The van der Waals surface area contributed by atoms with Gasteiger partial charge in [-0.25, -0.2) is 0 Å². The number of rotatable bonds is 0. The molecule has 0 saturated heterocycles. The van der Waals surface area contributed by atoms with Crippen LogP contribution in [0.15, 0.2) is 22.0 Å². The third kappa shape index (κ3) is 420. The SMILES string of the molecule is S=C=N[SH2+].S=C=N[SH2+].S=C=N[SH2+].S=C=N[SH2+].S=C=N[SH2+].[F-].[F-].[F-].[F-].[F-]. The number of hydrogen-bond donors (Lipinski definition) is 0.